The van der Waals surface area contributed by atoms with Crippen molar-refractivity contribution < 1.29 is 23.9 Å². The van der Waals surface area contributed by atoms with Gasteiger partial charge in [-0.2, -0.15) is 0 Å². The molecule has 0 radical (unpaired) electrons. The number of esters is 2. The molecule has 1 aromatic heterocycles. The second-order valence-corrected chi connectivity index (χ2v) is 6.67. The first kappa shape index (κ1) is 19.0. The maximum atomic E-state index is 12.4. The number of hydrogen-bond donors (Lipinski definition) is 1. The number of amides is 1. The number of hydrogen-bond acceptors (Lipinski definition) is 5. The van der Waals surface area contributed by atoms with Crippen molar-refractivity contribution in [2.45, 2.75) is 46.6 Å². The molecule has 1 aliphatic heterocycles. The van der Waals surface area contributed by atoms with Crippen LogP contribution in [0.4, 0.5) is 0 Å². The lowest BCUT2D eigenvalue weighted by atomic mass is 9.99. The third kappa shape index (κ3) is 4.03. The van der Waals surface area contributed by atoms with Crippen LogP contribution < -0.4 is 0 Å². The summed E-state index contributed by atoms with van der Waals surface area (Å²) in [7, 11) is 1.28. The molecule has 1 fully saturated rings. The lowest BCUT2D eigenvalue weighted by Gasteiger charge is -2.31. The Morgan fingerprint density at radius 2 is 1.76 bits per heavy atom. The highest BCUT2D eigenvalue weighted by atomic mass is 16.5. The number of H-pyrrole nitrogens is 1. The number of aromatic nitrogens is 1. The molecule has 1 amide bonds. The Bertz CT molecular complexity index is 671. The number of aryl methyl sites for hydroxylation is 1. The summed E-state index contributed by atoms with van der Waals surface area (Å²) in [5.74, 6) is -0.739. The minimum atomic E-state index is -0.870. The second kappa shape index (κ2) is 7.72. The summed E-state index contributed by atoms with van der Waals surface area (Å²) in [5, 5.41) is 0. The van der Waals surface area contributed by atoms with Crippen LogP contribution in [0.1, 0.15) is 58.8 Å². The second-order valence-electron chi connectivity index (χ2n) is 6.67. The molecule has 0 aromatic carbocycles. The van der Waals surface area contributed by atoms with Crippen molar-refractivity contribution in [1.29, 1.82) is 0 Å². The van der Waals surface area contributed by atoms with Crippen molar-refractivity contribution >= 4 is 17.8 Å². The molecule has 1 atom stereocenters. The molecule has 0 spiro atoms. The maximum absolute atomic E-state index is 12.4. The van der Waals surface area contributed by atoms with Gasteiger partial charge in [-0.05, 0) is 45.1 Å². The van der Waals surface area contributed by atoms with Gasteiger partial charge in [-0.1, -0.05) is 6.92 Å². The predicted octanol–water partition coefficient (Wildman–Crippen LogP) is 2.22. The van der Waals surface area contributed by atoms with Crippen molar-refractivity contribution in [3.63, 3.8) is 0 Å². The Balaban J connectivity index is 2.06. The number of methoxy groups -OCH3 is 1. The molecule has 2 heterocycles. The van der Waals surface area contributed by atoms with Gasteiger partial charge >= 0.3 is 11.9 Å². The van der Waals surface area contributed by atoms with Gasteiger partial charge in [-0.25, -0.2) is 9.59 Å². The first-order chi connectivity index (χ1) is 11.8. The Labute approximate surface area is 147 Å². The van der Waals surface area contributed by atoms with Crippen LogP contribution in [0.2, 0.25) is 0 Å². The first-order valence-electron chi connectivity index (χ1n) is 8.53. The summed E-state index contributed by atoms with van der Waals surface area (Å²) >= 11 is 0. The number of piperidine rings is 1. The largest absolute Gasteiger partial charge is 0.465 e. The zero-order chi connectivity index (χ0) is 18.7. The van der Waals surface area contributed by atoms with Gasteiger partial charge < -0.3 is 19.4 Å². The van der Waals surface area contributed by atoms with Crippen LogP contribution >= 0.6 is 0 Å². The van der Waals surface area contributed by atoms with E-state index < -0.39 is 18.0 Å². The average Bonchev–Trinajstić information content (AvgIpc) is 2.88. The van der Waals surface area contributed by atoms with Crippen LogP contribution in [0.15, 0.2) is 0 Å². The summed E-state index contributed by atoms with van der Waals surface area (Å²) in [6.45, 7) is 8.44. The van der Waals surface area contributed by atoms with Crippen LogP contribution in [0.25, 0.3) is 0 Å². The van der Waals surface area contributed by atoms with E-state index in [4.69, 9.17) is 9.47 Å². The fourth-order valence-electron chi connectivity index (χ4n) is 3.12. The predicted molar refractivity (Wildman–Crippen MR) is 91.5 cm³/mol. The Kier molecular flexibility index (Phi) is 5.87. The van der Waals surface area contributed by atoms with E-state index in [9.17, 15) is 14.4 Å². The summed E-state index contributed by atoms with van der Waals surface area (Å²) in [6, 6.07) is 0. The fraction of sp³-hybridized carbons (Fsp3) is 0.611. The number of rotatable bonds is 4. The summed E-state index contributed by atoms with van der Waals surface area (Å²) in [4.78, 5) is 41.3. The van der Waals surface area contributed by atoms with E-state index in [0.29, 0.717) is 35.8 Å². The minimum Gasteiger partial charge on any atom is -0.465 e. The molecule has 1 aromatic rings. The number of carbonyl (C=O) groups is 3. The number of carbonyl (C=O) groups excluding carboxylic acids is 3. The third-order valence-corrected chi connectivity index (χ3v) is 4.76. The Morgan fingerprint density at radius 3 is 2.32 bits per heavy atom. The highest BCUT2D eigenvalue weighted by Crippen LogP contribution is 2.21. The number of nitrogens with zero attached hydrogens (tertiary/aromatic N) is 1. The monoisotopic (exact) mass is 350 g/mol. The maximum Gasteiger partial charge on any atom is 0.355 e. The first-order valence-corrected chi connectivity index (χ1v) is 8.53. The summed E-state index contributed by atoms with van der Waals surface area (Å²) < 4.78 is 10.1. The van der Waals surface area contributed by atoms with Crippen LogP contribution in [0, 0.1) is 19.8 Å². The SMILES string of the molecule is COC(=O)c1c(C)[nH]c(C(=O)O[C@@H](C)C(=O)N2CCC(C)CC2)c1C. The topological polar surface area (TPSA) is 88.7 Å². The molecule has 1 saturated heterocycles. The zero-order valence-corrected chi connectivity index (χ0v) is 15.5. The fourth-order valence-corrected chi connectivity index (χ4v) is 3.12. The smallest absolute Gasteiger partial charge is 0.355 e. The van der Waals surface area contributed by atoms with Crippen LogP contribution in [0.3, 0.4) is 0 Å². The molecule has 1 N–H and O–H groups in total. The van der Waals surface area contributed by atoms with Crippen LogP contribution in [0.5, 0.6) is 0 Å². The van der Waals surface area contributed by atoms with E-state index in [1.165, 1.54) is 7.11 Å². The van der Waals surface area contributed by atoms with Crippen molar-refractivity contribution in [3.8, 4) is 0 Å². The Hall–Kier alpha value is -2.31. The van der Waals surface area contributed by atoms with E-state index in [1.807, 2.05) is 0 Å². The molecule has 7 nitrogen and oxygen atoms in total. The molecule has 0 saturated carbocycles. The van der Waals surface area contributed by atoms with E-state index in [0.717, 1.165) is 12.8 Å². The molecular weight excluding hydrogens is 324 g/mol. The highest BCUT2D eigenvalue weighted by Gasteiger charge is 2.29. The number of ether oxygens (including phenoxy) is 2. The molecule has 138 valence electrons. The van der Waals surface area contributed by atoms with E-state index in [2.05, 4.69) is 11.9 Å². The molecule has 2 rings (SSSR count). The van der Waals surface area contributed by atoms with Gasteiger partial charge in [0.25, 0.3) is 5.91 Å². The number of likely N-dealkylation sites (tertiary alicyclic amines) is 1. The van der Waals surface area contributed by atoms with E-state index in [-0.39, 0.29) is 11.6 Å². The lowest BCUT2D eigenvalue weighted by molar-refractivity contribution is -0.141. The van der Waals surface area contributed by atoms with Gasteiger partial charge in [0.15, 0.2) is 6.10 Å². The zero-order valence-electron chi connectivity index (χ0n) is 15.5. The van der Waals surface area contributed by atoms with Gasteiger partial charge in [0.05, 0.1) is 12.7 Å². The summed E-state index contributed by atoms with van der Waals surface area (Å²) in [6.07, 6.45) is 1.05. The molecule has 7 heteroatoms. The van der Waals surface area contributed by atoms with E-state index in [1.54, 1.807) is 25.7 Å². The van der Waals surface area contributed by atoms with Gasteiger partial charge in [0.2, 0.25) is 0 Å². The minimum absolute atomic E-state index is 0.171. The molecule has 1 aliphatic rings. The van der Waals surface area contributed by atoms with Gasteiger partial charge in [-0.3, -0.25) is 4.79 Å². The summed E-state index contributed by atoms with van der Waals surface area (Å²) in [5.41, 5.74) is 1.48. The standard InChI is InChI=1S/C18H26N2O5/c1-10-6-8-20(9-7-10)16(21)13(4)25-18(23)15-11(2)14(12(3)19-15)17(22)24-5/h10,13,19H,6-9H2,1-5H3/t13-/m0/s1. The normalized spacial score (nSPS) is 16.4. The van der Waals surface area contributed by atoms with Gasteiger partial charge in [0, 0.05) is 18.8 Å². The third-order valence-electron chi connectivity index (χ3n) is 4.76. The van der Waals surface area contributed by atoms with E-state index >= 15 is 0 Å². The molecule has 0 bridgehead atoms. The lowest BCUT2D eigenvalue weighted by Crippen LogP contribution is -2.44. The molecule has 25 heavy (non-hydrogen) atoms. The van der Waals surface area contributed by atoms with Gasteiger partial charge in [-0.15, -0.1) is 0 Å². The van der Waals surface area contributed by atoms with Crippen molar-refractivity contribution in [2.24, 2.45) is 5.92 Å². The molecule has 0 aliphatic carbocycles. The van der Waals surface area contributed by atoms with Gasteiger partial charge in [0.1, 0.15) is 5.69 Å². The number of aromatic amines is 1. The quantitative estimate of drug-likeness (QED) is 0.841. The van der Waals surface area contributed by atoms with Crippen LogP contribution in [-0.4, -0.2) is 54.0 Å². The van der Waals surface area contributed by atoms with Crippen LogP contribution in [-0.2, 0) is 14.3 Å². The highest BCUT2D eigenvalue weighted by molar-refractivity contribution is 5.99. The van der Waals surface area contributed by atoms with Crippen molar-refractivity contribution in [1.82, 2.24) is 9.88 Å². The Morgan fingerprint density at radius 1 is 1.16 bits per heavy atom. The molecular formula is C18H26N2O5. The molecule has 0 unspecified atom stereocenters. The van der Waals surface area contributed by atoms with Crippen molar-refractivity contribution in [2.75, 3.05) is 20.2 Å². The number of nitrogens with one attached hydrogen (secondary N) is 1. The van der Waals surface area contributed by atoms with Crippen molar-refractivity contribution in [3.05, 3.63) is 22.5 Å². The average molecular weight is 350 g/mol.